The zero-order chi connectivity index (χ0) is 14.7. The number of hydrogen-bond donors (Lipinski definition) is 1. The molecule has 0 aliphatic carbocycles. The molecule has 3 aromatic rings. The maximum Gasteiger partial charge on any atom is 0.149 e. The smallest absolute Gasteiger partial charge is 0.149 e. The summed E-state index contributed by atoms with van der Waals surface area (Å²) < 4.78 is 0. The Morgan fingerprint density at radius 1 is 1.10 bits per heavy atom. The molecular formula is C17H18N4. The number of pyridine rings is 1. The molecule has 1 unspecified atom stereocenters. The molecule has 0 aliphatic rings. The summed E-state index contributed by atoms with van der Waals surface area (Å²) in [5.41, 5.74) is 2.25. The second-order valence-corrected chi connectivity index (χ2v) is 5.05. The minimum absolute atomic E-state index is 0.0123. The highest BCUT2D eigenvalue weighted by Gasteiger charge is 2.18. The van der Waals surface area contributed by atoms with E-state index in [1.54, 1.807) is 0 Å². The predicted molar refractivity (Wildman–Crippen MR) is 84.0 cm³/mol. The van der Waals surface area contributed by atoms with E-state index in [0.717, 1.165) is 23.3 Å². The lowest BCUT2D eigenvalue weighted by molar-refractivity contribution is 0.600. The van der Waals surface area contributed by atoms with E-state index in [4.69, 9.17) is 0 Å². The van der Waals surface area contributed by atoms with Gasteiger partial charge in [-0.2, -0.15) is 0 Å². The largest absolute Gasteiger partial charge is 0.304 e. The molecular weight excluding hydrogens is 260 g/mol. The highest BCUT2D eigenvalue weighted by atomic mass is 15.0. The van der Waals surface area contributed by atoms with Crippen LogP contribution in [0.2, 0.25) is 0 Å². The van der Waals surface area contributed by atoms with E-state index in [9.17, 15) is 0 Å². The van der Waals surface area contributed by atoms with Gasteiger partial charge in [-0.15, -0.1) is 0 Å². The fourth-order valence-corrected chi connectivity index (χ4v) is 2.50. The molecule has 2 heterocycles. The van der Waals surface area contributed by atoms with E-state index in [1.807, 2.05) is 37.8 Å². The molecule has 1 aromatic carbocycles. The Hall–Kier alpha value is -2.33. The molecule has 0 aliphatic heterocycles. The van der Waals surface area contributed by atoms with Crippen LogP contribution >= 0.6 is 0 Å². The van der Waals surface area contributed by atoms with Gasteiger partial charge in [-0.05, 0) is 36.0 Å². The van der Waals surface area contributed by atoms with E-state index < -0.39 is 0 Å². The van der Waals surface area contributed by atoms with Crippen molar-refractivity contribution in [3.05, 3.63) is 66.0 Å². The number of rotatable bonds is 4. The van der Waals surface area contributed by atoms with Crippen molar-refractivity contribution in [1.29, 1.82) is 0 Å². The van der Waals surface area contributed by atoms with Gasteiger partial charge in [0.25, 0.3) is 0 Å². The van der Waals surface area contributed by atoms with Gasteiger partial charge >= 0.3 is 0 Å². The van der Waals surface area contributed by atoms with Crippen molar-refractivity contribution in [2.45, 2.75) is 19.9 Å². The third-order valence-corrected chi connectivity index (χ3v) is 3.49. The quantitative estimate of drug-likeness (QED) is 0.797. The molecule has 106 valence electrons. The van der Waals surface area contributed by atoms with Crippen LogP contribution in [0.15, 0.2) is 49.1 Å². The van der Waals surface area contributed by atoms with Gasteiger partial charge in [-0.25, -0.2) is 9.97 Å². The number of hydrogen-bond acceptors (Lipinski definition) is 4. The predicted octanol–water partition coefficient (Wildman–Crippen LogP) is 3.03. The first-order valence-corrected chi connectivity index (χ1v) is 7.14. The second kappa shape index (κ2) is 5.97. The first-order chi connectivity index (χ1) is 10.3. The maximum absolute atomic E-state index is 4.49. The van der Waals surface area contributed by atoms with Crippen molar-refractivity contribution in [3.63, 3.8) is 0 Å². The lowest BCUT2D eigenvalue weighted by atomic mass is 9.99. The maximum atomic E-state index is 4.49. The lowest BCUT2D eigenvalue weighted by Gasteiger charge is -2.19. The van der Waals surface area contributed by atoms with Crippen molar-refractivity contribution >= 4 is 10.8 Å². The Kier molecular flexibility index (Phi) is 3.88. The summed E-state index contributed by atoms with van der Waals surface area (Å²) >= 11 is 0. The van der Waals surface area contributed by atoms with Crippen molar-refractivity contribution in [2.24, 2.45) is 0 Å². The summed E-state index contributed by atoms with van der Waals surface area (Å²) in [6, 6.07) is 8.28. The Bertz CT molecular complexity index is 732. The third-order valence-electron chi connectivity index (χ3n) is 3.49. The van der Waals surface area contributed by atoms with E-state index in [2.05, 4.69) is 45.4 Å². The average Bonchev–Trinajstić information content (AvgIpc) is 2.53. The first-order valence-electron chi connectivity index (χ1n) is 7.14. The van der Waals surface area contributed by atoms with Gasteiger partial charge < -0.3 is 5.32 Å². The lowest BCUT2D eigenvalue weighted by Crippen LogP contribution is -2.24. The van der Waals surface area contributed by atoms with Gasteiger partial charge in [0.15, 0.2) is 0 Å². The van der Waals surface area contributed by atoms with Gasteiger partial charge in [0.05, 0.1) is 6.04 Å². The minimum atomic E-state index is -0.0123. The van der Waals surface area contributed by atoms with Crippen molar-refractivity contribution in [1.82, 2.24) is 20.3 Å². The number of fused-ring (bicyclic) bond motifs is 1. The molecule has 21 heavy (non-hydrogen) atoms. The van der Waals surface area contributed by atoms with Crippen molar-refractivity contribution in [3.8, 4) is 0 Å². The molecule has 1 N–H and O–H groups in total. The van der Waals surface area contributed by atoms with E-state index in [1.165, 1.54) is 10.9 Å². The van der Waals surface area contributed by atoms with Crippen LogP contribution < -0.4 is 5.32 Å². The molecule has 2 aromatic heterocycles. The molecule has 0 fully saturated rings. The number of nitrogens with zero attached hydrogens (tertiary/aromatic N) is 3. The highest BCUT2D eigenvalue weighted by molar-refractivity contribution is 5.85. The Morgan fingerprint density at radius 3 is 2.67 bits per heavy atom. The molecule has 0 bridgehead atoms. The van der Waals surface area contributed by atoms with E-state index >= 15 is 0 Å². The summed E-state index contributed by atoms with van der Waals surface area (Å²) in [5.74, 6) is 0.798. The van der Waals surface area contributed by atoms with Crippen LogP contribution in [0.25, 0.3) is 10.8 Å². The van der Waals surface area contributed by atoms with Crippen molar-refractivity contribution < 1.29 is 0 Å². The number of nitrogens with one attached hydrogen (secondary N) is 1. The van der Waals surface area contributed by atoms with E-state index in [-0.39, 0.29) is 6.04 Å². The van der Waals surface area contributed by atoms with Gasteiger partial charge in [0.2, 0.25) is 0 Å². The summed E-state index contributed by atoms with van der Waals surface area (Å²) in [6.45, 7) is 4.94. The van der Waals surface area contributed by atoms with Crippen LogP contribution in [0.3, 0.4) is 0 Å². The summed E-state index contributed by atoms with van der Waals surface area (Å²) in [5, 5.41) is 5.79. The monoisotopic (exact) mass is 278 g/mol. The van der Waals surface area contributed by atoms with Gasteiger partial charge in [0, 0.05) is 30.2 Å². The third kappa shape index (κ3) is 2.76. The standard InChI is InChI=1S/C17H18N4/c1-3-19-16(17-20-9-12(2)10-21-17)15-6-4-5-13-11-18-8-7-14(13)15/h4-11,16,19H,3H2,1-2H3. The summed E-state index contributed by atoms with van der Waals surface area (Å²) in [6.07, 6.45) is 7.43. The van der Waals surface area contributed by atoms with Crippen LogP contribution in [0.4, 0.5) is 0 Å². The van der Waals surface area contributed by atoms with Crippen molar-refractivity contribution in [2.75, 3.05) is 6.54 Å². The number of aryl methyl sites for hydroxylation is 1. The molecule has 0 saturated carbocycles. The summed E-state index contributed by atoms with van der Waals surface area (Å²) in [4.78, 5) is 13.2. The topological polar surface area (TPSA) is 50.7 Å². The Morgan fingerprint density at radius 2 is 1.90 bits per heavy atom. The van der Waals surface area contributed by atoms with Crippen LogP contribution in [0.5, 0.6) is 0 Å². The van der Waals surface area contributed by atoms with Crippen LogP contribution in [-0.4, -0.2) is 21.5 Å². The highest BCUT2D eigenvalue weighted by Crippen LogP contribution is 2.26. The number of benzene rings is 1. The zero-order valence-corrected chi connectivity index (χ0v) is 12.2. The molecule has 4 nitrogen and oxygen atoms in total. The van der Waals surface area contributed by atoms with Crippen LogP contribution in [0, 0.1) is 6.92 Å². The first kappa shape index (κ1) is 13.6. The fraction of sp³-hybridized carbons (Fsp3) is 0.235. The molecule has 0 radical (unpaired) electrons. The summed E-state index contributed by atoms with van der Waals surface area (Å²) in [7, 11) is 0. The Labute approximate surface area is 124 Å². The van der Waals surface area contributed by atoms with Crippen LogP contribution in [-0.2, 0) is 0 Å². The molecule has 0 saturated heterocycles. The second-order valence-electron chi connectivity index (χ2n) is 5.05. The number of aromatic nitrogens is 3. The Balaban J connectivity index is 2.13. The molecule has 3 rings (SSSR count). The average molecular weight is 278 g/mol. The normalized spacial score (nSPS) is 12.5. The van der Waals surface area contributed by atoms with E-state index in [0.29, 0.717) is 0 Å². The molecule has 4 heteroatoms. The van der Waals surface area contributed by atoms with Gasteiger partial charge in [-0.3, -0.25) is 4.98 Å². The van der Waals surface area contributed by atoms with Gasteiger partial charge in [-0.1, -0.05) is 25.1 Å². The molecule has 0 amide bonds. The minimum Gasteiger partial charge on any atom is -0.304 e. The van der Waals surface area contributed by atoms with Crippen LogP contribution in [0.1, 0.15) is 29.9 Å². The SMILES string of the molecule is CCNC(c1ncc(C)cn1)c1cccc2cnccc12. The zero-order valence-electron chi connectivity index (χ0n) is 12.2. The molecule has 0 spiro atoms. The fourth-order valence-electron chi connectivity index (χ4n) is 2.50. The van der Waals surface area contributed by atoms with Gasteiger partial charge in [0.1, 0.15) is 5.82 Å². The molecule has 1 atom stereocenters.